The standard InChI is InChI=1S/C22H28N2O2/c1-3-24-13-7-8-16(15-24)23-22-18-9-5-6-10-20(18)26-21-12-11-17(25-4-2)14-19(21)22/h5-6,9-12,14,16,22-23H,3-4,7-8,13,15H2,1-2H3. The average molecular weight is 352 g/mol. The van der Waals surface area contributed by atoms with E-state index in [2.05, 4.69) is 41.4 Å². The Balaban J connectivity index is 1.67. The highest BCUT2D eigenvalue weighted by molar-refractivity contribution is 5.55. The number of hydrogen-bond donors (Lipinski definition) is 1. The Hall–Kier alpha value is -2.04. The SMILES string of the molecule is CCOc1ccc2c(c1)C(NC1CCCN(CC)C1)c1ccccc1O2. The maximum absolute atomic E-state index is 6.17. The molecule has 2 atom stereocenters. The van der Waals surface area contributed by atoms with E-state index in [0.717, 1.165) is 30.3 Å². The van der Waals surface area contributed by atoms with Gasteiger partial charge in [0.25, 0.3) is 0 Å². The lowest BCUT2D eigenvalue weighted by molar-refractivity contribution is 0.192. The van der Waals surface area contributed by atoms with Crippen LogP contribution in [-0.2, 0) is 0 Å². The van der Waals surface area contributed by atoms with Crippen LogP contribution in [0.15, 0.2) is 42.5 Å². The summed E-state index contributed by atoms with van der Waals surface area (Å²) in [5.41, 5.74) is 2.38. The minimum Gasteiger partial charge on any atom is -0.494 e. The first kappa shape index (κ1) is 17.4. The van der Waals surface area contributed by atoms with Gasteiger partial charge in [-0.15, -0.1) is 0 Å². The Kier molecular flexibility index (Phi) is 5.14. The molecule has 0 aromatic heterocycles. The van der Waals surface area contributed by atoms with Crippen LogP contribution >= 0.6 is 0 Å². The van der Waals surface area contributed by atoms with Gasteiger partial charge in [0.05, 0.1) is 12.6 Å². The van der Waals surface area contributed by atoms with Crippen molar-refractivity contribution in [2.75, 3.05) is 26.2 Å². The third-order valence-electron chi connectivity index (χ3n) is 5.41. The van der Waals surface area contributed by atoms with Crippen LogP contribution in [-0.4, -0.2) is 37.2 Å². The number of ether oxygens (including phenoxy) is 2. The molecule has 26 heavy (non-hydrogen) atoms. The zero-order valence-corrected chi connectivity index (χ0v) is 15.7. The van der Waals surface area contributed by atoms with Gasteiger partial charge in [-0.05, 0) is 57.1 Å². The van der Waals surface area contributed by atoms with E-state index in [1.54, 1.807) is 0 Å². The molecule has 0 saturated carbocycles. The van der Waals surface area contributed by atoms with E-state index < -0.39 is 0 Å². The number of rotatable bonds is 5. The first-order valence-corrected chi connectivity index (χ1v) is 9.80. The monoisotopic (exact) mass is 352 g/mol. The third kappa shape index (κ3) is 3.44. The summed E-state index contributed by atoms with van der Waals surface area (Å²) < 4.78 is 11.9. The first-order chi connectivity index (χ1) is 12.8. The maximum atomic E-state index is 6.17. The second kappa shape index (κ2) is 7.68. The number of para-hydroxylation sites is 1. The van der Waals surface area contributed by atoms with Crippen LogP contribution in [0.2, 0.25) is 0 Å². The number of fused-ring (bicyclic) bond motifs is 2. The molecule has 4 nitrogen and oxygen atoms in total. The largest absolute Gasteiger partial charge is 0.494 e. The number of piperidine rings is 1. The molecule has 0 radical (unpaired) electrons. The molecular weight excluding hydrogens is 324 g/mol. The Morgan fingerprint density at radius 1 is 1.12 bits per heavy atom. The normalized spacial score (nSPS) is 22.2. The predicted molar refractivity (Wildman–Crippen MR) is 104 cm³/mol. The molecule has 2 aliphatic heterocycles. The van der Waals surface area contributed by atoms with Crippen molar-refractivity contribution in [3.05, 3.63) is 53.6 Å². The first-order valence-electron chi connectivity index (χ1n) is 9.80. The Labute approximate surface area is 156 Å². The molecule has 138 valence electrons. The highest BCUT2D eigenvalue weighted by atomic mass is 16.5. The van der Waals surface area contributed by atoms with Crippen molar-refractivity contribution in [1.82, 2.24) is 10.2 Å². The van der Waals surface area contributed by atoms with Gasteiger partial charge in [0, 0.05) is 23.7 Å². The quantitative estimate of drug-likeness (QED) is 0.867. The van der Waals surface area contributed by atoms with E-state index in [-0.39, 0.29) is 6.04 Å². The van der Waals surface area contributed by atoms with Gasteiger partial charge in [0.2, 0.25) is 0 Å². The van der Waals surface area contributed by atoms with Crippen LogP contribution in [0, 0.1) is 0 Å². The van der Waals surface area contributed by atoms with Crippen LogP contribution in [0.3, 0.4) is 0 Å². The molecule has 0 aliphatic carbocycles. The van der Waals surface area contributed by atoms with Crippen molar-refractivity contribution in [3.63, 3.8) is 0 Å². The summed E-state index contributed by atoms with van der Waals surface area (Å²) in [6, 6.07) is 15.1. The highest BCUT2D eigenvalue weighted by Crippen LogP contribution is 2.44. The lowest BCUT2D eigenvalue weighted by Gasteiger charge is -2.37. The van der Waals surface area contributed by atoms with Crippen molar-refractivity contribution in [3.8, 4) is 17.2 Å². The molecule has 0 amide bonds. The number of benzene rings is 2. The van der Waals surface area contributed by atoms with Gasteiger partial charge in [-0.1, -0.05) is 25.1 Å². The highest BCUT2D eigenvalue weighted by Gasteiger charge is 2.30. The summed E-state index contributed by atoms with van der Waals surface area (Å²) in [5, 5.41) is 3.93. The van der Waals surface area contributed by atoms with Crippen molar-refractivity contribution in [2.45, 2.75) is 38.8 Å². The van der Waals surface area contributed by atoms with Crippen molar-refractivity contribution >= 4 is 0 Å². The minimum absolute atomic E-state index is 0.136. The van der Waals surface area contributed by atoms with Gasteiger partial charge in [0.15, 0.2) is 0 Å². The van der Waals surface area contributed by atoms with Crippen molar-refractivity contribution < 1.29 is 9.47 Å². The van der Waals surface area contributed by atoms with Crippen LogP contribution < -0.4 is 14.8 Å². The molecular formula is C22H28N2O2. The molecule has 2 aromatic rings. The van der Waals surface area contributed by atoms with E-state index in [1.165, 1.54) is 30.5 Å². The molecule has 0 spiro atoms. The number of likely N-dealkylation sites (N-methyl/N-ethyl adjacent to an activating group) is 1. The van der Waals surface area contributed by atoms with E-state index in [0.29, 0.717) is 12.6 Å². The average Bonchev–Trinajstić information content (AvgIpc) is 2.68. The maximum Gasteiger partial charge on any atom is 0.132 e. The smallest absolute Gasteiger partial charge is 0.132 e. The van der Waals surface area contributed by atoms with Crippen LogP contribution in [0.5, 0.6) is 17.2 Å². The van der Waals surface area contributed by atoms with Crippen LogP contribution in [0.25, 0.3) is 0 Å². The topological polar surface area (TPSA) is 33.7 Å². The lowest BCUT2D eigenvalue weighted by Crippen LogP contribution is -2.47. The molecule has 0 bridgehead atoms. The summed E-state index contributed by atoms with van der Waals surface area (Å²) in [5.74, 6) is 2.78. The predicted octanol–water partition coefficient (Wildman–Crippen LogP) is 4.35. The number of nitrogens with one attached hydrogen (secondary N) is 1. The van der Waals surface area contributed by atoms with E-state index >= 15 is 0 Å². The summed E-state index contributed by atoms with van der Waals surface area (Å²) in [7, 11) is 0. The van der Waals surface area contributed by atoms with Gasteiger partial charge in [0.1, 0.15) is 17.2 Å². The third-order valence-corrected chi connectivity index (χ3v) is 5.41. The van der Waals surface area contributed by atoms with Crippen molar-refractivity contribution in [1.29, 1.82) is 0 Å². The fourth-order valence-electron chi connectivity index (χ4n) is 4.09. The molecule has 1 N–H and O–H groups in total. The van der Waals surface area contributed by atoms with E-state index in [1.807, 2.05) is 25.1 Å². The molecule has 2 heterocycles. The molecule has 2 aliphatic rings. The van der Waals surface area contributed by atoms with Crippen LogP contribution in [0.1, 0.15) is 43.9 Å². The fourth-order valence-corrected chi connectivity index (χ4v) is 4.09. The van der Waals surface area contributed by atoms with E-state index in [4.69, 9.17) is 9.47 Å². The minimum atomic E-state index is 0.136. The second-order valence-corrected chi connectivity index (χ2v) is 7.10. The van der Waals surface area contributed by atoms with Gasteiger partial charge < -0.3 is 19.7 Å². The Morgan fingerprint density at radius 3 is 2.81 bits per heavy atom. The number of likely N-dealkylation sites (tertiary alicyclic amines) is 1. The van der Waals surface area contributed by atoms with Crippen LogP contribution in [0.4, 0.5) is 0 Å². The van der Waals surface area contributed by atoms with E-state index in [9.17, 15) is 0 Å². The molecule has 2 aromatic carbocycles. The van der Waals surface area contributed by atoms with Gasteiger partial charge in [-0.2, -0.15) is 0 Å². The zero-order chi connectivity index (χ0) is 17.9. The molecule has 1 fully saturated rings. The van der Waals surface area contributed by atoms with Gasteiger partial charge >= 0.3 is 0 Å². The summed E-state index contributed by atoms with van der Waals surface area (Å²) >= 11 is 0. The van der Waals surface area contributed by atoms with Crippen molar-refractivity contribution in [2.24, 2.45) is 0 Å². The summed E-state index contributed by atoms with van der Waals surface area (Å²) in [6.07, 6.45) is 2.47. The summed E-state index contributed by atoms with van der Waals surface area (Å²) in [4.78, 5) is 2.53. The molecule has 4 heteroatoms. The Bertz CT molecular complexity index is 762. The zero-order valence-electron chi connectivity index (χ0n) is 15.7. The number of hydrogen-bond acceptors (Lipinski definition) is 4. The fraction of sp³-hybridized carbons (Fsp3) is 0.455. The second-order valence-electron chi connectivity index (χ2n) is 7.10. The number of nitrogens with zero attached hydrogens (tertiary/aromatic N) is 1. The van der Waals surface area contributed by atoms with Gasteiger partial charge in [-0.3, -0.25) is 0 Å². The molecule has 1 saturated heterocycles. The lowest BCUT2D eigenvalue weighted by atomic mass is 9.92. The van der Waals surface area contributed by atoms with Gasteiger partial charge in [-0.25, -0.2) is 0 Å². The summed E-state index contributed by atoms with van der Waals surface area (Å²) in [6.45, 7) is 8.37. The Morgan fingerprint density at radius 2 is 1.96 bits per heavy atom. The molecule has 4 rings (SSSR count). The molecule has 2 unspecified atom stereocenters.